The molecule has 0 aliphatic heterocycles. The molecule has 6 aromatic carbocycles. The van der Waals surface area contributed by atoms with Gasteiger partial charge in [0.15, 0.2) is 12.4 Å². The molecule has 0 N–H and O–H groups in total. The molecular formula is C49H24BF26NO. The summed E-state index contributed by atoms with van der Waals surface area (Å²) in [6.07, 6.45) is -51.2. The van der Waals surface area contributed by atoms with Crippen LogP contribution in [-0.4, -0.2) is 11.9 Å². The van der Waals surface area contributed by atoms with Gasteiger partial charge in [-0.05, 0) is 47.9 Å². The lowest BCUT2D eigenvalue weighted by molar-refractivity contribution is -0.681. The molecule has 0 saturated carbocycles. The molecule has 0 saturated heterocycles. The minimum absolute atomic E-state index is 0.00733. The fourth-order valence-electron chi connectivity index (χ4n) is 8.31. The summed E-state index contributed by atoms with van der Waals surface area (Å²) in [6.45, 7) is 0.00733. The van der Waals surface area contributed by atoms with E-state index >= 15 is 0 Å². The monoisotopic (exact) mass is 1150 g/mol. The van der Waals surface area contributed by atoms with Crippen LogP contribution in [0.25, 0.3) is 10.8 Å². The minimum atomic E-state index is -6.13. The Balaban J connectivity index is 0.000000387. The highest BCUT2D eigenvalue weighted by Gasteiger charge is 2.47. The number of carbonyl (C=O) groups is 1. The highest BCUT2D eigenvalue weighted by Crippen LogP contribution is 2.41. The van der Waals surface area contributed by atoms with E-state index in [0.717, 1.165) is 22.9 Å². The van der Waals surface area contributed by atoms with Crippen molar-refractivity contribution in [3.63, 3.8) is 0 Å². The molecule has 416 valence electrons. The fourth-order valence-corrected chi connectivity index (χ4v) is 8.31. The van der Waals surface area contributed by atoms with Crippen molar-refractivity contribution in [3.8, 4) is 0 Å². The van der Waals surface area contributed by atoms with Crippen LogP contribution in [0.1, 0.15) is 54.9 Å². The van der Waals surface area contributed by atoms with Crippen LogP contribution in [-0.2, 0) is 56.0 Å². The molecule has 0 amide bonds. The van der Waals surface area contributed by atoms with Gasteiger partial charge in [0, 0.05) is 17.5 Å². The normalized spacial score (nSPS) is 13.4. The highest BCUT2D eigenvalue weighted by atomic mass is 19.4. The molecule has 1 aromatic heterocycles. The molecule has 29 heteroatoms. The minimum Gasteiger partial charge on any atom is -0.287 e. The van der Waals surface area contributed by atoms with E-state index in [-0.39, 0.29) is 12.1 Å². The number of hydrogen-bond donors (Lipinski definition) is 0. The first-order chi connectivity index (χ1) is 35.4. The van der Waals surface area contributed by atoms with Gasteiger partial charge >= 0.3 is 49.4 Å². The van der Waals surface area contributed by atoms with Gasteiger partial charge in [0.25, 0.3) is 0 Å². The smallest absolute Gasteiger partial charge is 0.287 e. The van der Waals surface area contributed by atoms with Gasteiger partial charge in [0.2, 0.25) is 12.3 Å². The van der Waals surface area contributed by atoms with Crippen molar-refractivity contribution in [3.05, 3.63) is 195 Å². The quantitative estimate of drug-likeness (QED) is 0.0674. The van der Waals surface area contributed by atoms with E-state index in [4.69, 9.17) is 0 Å². The lowest BCUT2D eigenvalue weighted by Gasteiger charge is -2.46. The number of alkyl halides is 24. The Morgan fingerprint density at radius 1 is 0.359 bits per heavy atom. The van der Waals surface area contributed by atoms with Crippen LogP contribution >= 0.6 is 0 Å². The molecule has 0 aliphatic rings. The Labute approximate surface area is 419 Å². The standard InChI is InChI=1S/C32H12BF24.C17H12F2NO/c34-25(35,36)13-1-14(26(37,38)39)6-21(5-13)33(22-7-15(27(40,41)42)2-16(8-22)28(43,44)45,23-9-17(29(46,47)48)3-18(10-23)30(49,50)51)24-11-19(31(52,53)54)4-20(12-24)32(55,56)57;18-14-5-6-15(16(19)9-14)17(21)11-20-8-7-12-3-1-2-4-13(12)10-20/h1-12H;1-10H,11H2/q-1;+1. The first kappa shape index (κ1) is 59.9. The van der Waals surface area contributed by atoms with Gasteiger partial charge in [-0.2, -0.15) is 132 Å². The Morgan fingerprint density at radius 3 is 0.910 bits per heavy atom. The lowest BCUT2D eigenvalue weighted by atomic mass is 9.12. The number of Topliss-reactive ketones (excluding diaryl/α,β-unsaturated/α-hetero) is 1. The van der Waals surface area contributed by atoms with E-state index in [0.29, 0.717) is 0 Å². The maximum atomic E-state index is 14.2. The van der Waals surface area contributed by atoms with Crippen LogP contribution in [0.15, 0.2) is 134 Å². The number of carbonyl (C=O) groups excluding carboxylic acids is 1. The second-order valence-electron chi connectivity index (χ2n) is 17.0. The molecule has 0 spiro atoms. The van der Waals surface area contributed by atoms with Crippen molar-refractivity contribution < 1.29 is 124 Å². The van der Waals surface area contributed by atoms with Crippen LogP contribution in [0.2, 0.25) is 0 Å². The molecule has 78 heavy (non-hydrogen) atoms. The lowest BCUT2D eigenvalue weighted by Crippen LogP contribution is -2.75. The average molecular weight is 1150 g/mol. The van der Waals surface area contributed by atoms with Gasteiger partial charge in [-0.15, -0.1) is 0 Å². The Kier molecular flexibility index (Phi) is 15.7. The third-order valence-electron chi connectivity index (χ3n) is 11.7. The van der Waals surface area contributed by atoms with Gasteiger partial charge in [0.1, 0.15) is 17.8 Å². The van der Waals surface area contributed by atoms with E-state index in [9.17, 15) is 119 Å². The van der Waals surface area contributed by atoms with Crippen LogP contribution in [0.4, 0.5) is 114 Å². The maximum absolute atomic E-state index is 14.2. The summed E-state index contributed by atoms with van der Waals surface area (Å²) < 4.78 is 369. The maximum Gasteiger partial charge on any atom is 0.416 e. The van der Waals surface area contributed by atoms with Crippen LogP contribution in [0, 0.1) is 11.6 Å². The van der Waals surface area contributed by atoms with Crippen molar-refractivity contribution in [2.24, 2.45) is 0 Å². The van der Waals surface area contributed by atoms with Crippen molar-refractivity contribution >= 4 is 44.6 Å². The summed E-state index contributed by atoms with van der Waals surface area (Å²) in [6, 6.07) is 3.82. The number of nitrogens with zero attached hydrogens (tertiary/aromatic N) is 1. The third kappa shape index (κ3) is 13.3. The van der Waals surface area contributed by atoms with Gasteiger partial charge < -0.3 is 0 Å². The summed E-state index contributed by atoms with van der Waals surface area (Å²) in [4.78, 5) is 12.1. The number of halogens is 26. The zero-order chi connectivity index (χ0) is 58.7. The largest absolute Gasteiger partial charge is 0.416 e. The third-order valence-corrected chi connectivity index (χ3v) is 11.7. The van der Waals surface area contributed by atoms with Crippen LogP contribution < -0.4 is 26.4 Å². The van der Waals surface area contributed by atoms with E-state index in [1.54, 1.807) is 10.8 Å². The summed E-state index contributed by atoms with van der Waals surface area (Å²) in [7, 11) is 0. The van der Waals surface area contributed by atoms with Crippen molar-refractivity contribution in [1.29, 1.82) is 0 Å². The number of pyridine rings is 1. The first-order valence-corrected chi connectivity index (χ1v) is 21.1. The topological polar surface area (TPSA) is 20.9 Å². The van der Waals surface area contributed by atoms with Gasteiger partial charge in [-0.25, -0.2) is 8.78 Å². The molecule has 7 rings (SSSR count). The Morgan fingerprint density at radius 2 is 0.641 bits per heavy atom. The Bertz CT molecular complexity index is 2940. The van der Waals surface area contributed by atoms with Crippen molar-refractivity contribution in [1.82, 2.24) is 0 Å². The first-order valence-electron chi connectivity index (χ1n) is 21.1. The van der Waals surface area contributed by atoms with Gasteiger partial charge in [-0.3, -0.25) is 4.79 Å². The summed E-state index contributed by atoms with van der Waals surface area (Å²) in [5, 5.41) is 2.06. The predicted octanol–water partition coefficient (Wildman–Crippen LogP) is 14.5. The molecule has 0 atom stereocenters. The van der Waals surface area contributed by atoms with Crippen LogP contribution in [0.3, 0.4) is 0 Å². The number of benzene rings is 6. The average Bonchev–Trinajstić information content (AvgIpc) is 3.39. The molecular weight excluding hydrogens is 1120 g/mol. The number of hydrogen-bond acceptors (Lipinski definition) is 1. The summed E-state index contributed by atoms with van der Waals surface area (Å²) in [5.74, 6) is -1.92. The Hall–Kier alpha value is -7.36. The van der Waals surface area contributed by atoms with E-state index in [2.05, 4.69) is 0 Å². The molecule has 0 aliphatic carbocycles. The van der Waals surface area contributed by atoms with Gasteiger partial charge in [-0.1, -0.05) is 66.7 Å². The zero-order valence-corrected chi connectivity index (χ0v) is 37.7. The van der Waals surface area contributed by atoms with Crippen molar-refractivity contribution in [2.75, 3.05) is 0 Å². The number of ketones is 1. The molecule has 0 radical (unpaired) electrons. The highest BCUT2D eigenvalue weighted by molar-refractivity contribution is 7.20. The van der Waals surface area contributed by atoms with E-state index < -0.39 is 212 Å². The second-order valence-corrected chi connectivity index (χ2v) is 17.0. The molecule has 0 unspecified atom stereocenters. The SMILES string of the molecule is FC(F)(F)c1cc([B-](c2cc(C(F)(F)F)cc(C(F)(F)F)c2)(c2cc(C(F)(F)F)cc(C(F)(F)F)c2)c2cc(C(F)(F)F)cc(C(F)(F)F)c2)cc(C(F)(F)F)c1.O=C(C[n+]1ccc2ccccc2c1)c1ccc(F)cc1F. The predicted molar refractivity (Wildman–Crippen MR) is 225 cm³/mol. The molecule has 7 aromatic rings. The van der Waals surface area contributed by atoms with Gasteiger partial charge in [0.05, 0.1) is 50.1 Å². The molecule has 0 fully saturated rings. The van der Waals surface area contributed by atoms with E-state index in [1.165, 1.54) is 6.07 Å². The van der Waals surface area contributed by atoms with E-state index in [1.807, 2.05) is 36.5 Å². The number of rotatable bonds is 7. The molecule has 1 heterocycles. The molecule has 2 nitrogen and oxygen atoms in total. The fraction of sp³-hybridized carbons (Fsp3) is 0.184. The summed E-state index contributed by atoms with van der Waals surface area (Å²) in [5.41, 5.74) is -30.3. The van der Waals surface area contributed by atoms with Crippen LogP contribution in [0.5, 0.6) is 0 Å². The number of fused-ring (bicyclic) bond motifs is 1. The molecule has 0 bridgehead atoms. The van der Waals surface area contributed by atoms with Crippen molar-refractivity contribution in [2.45, 2.75) is 56.0 Å². The second kappa shape index (κ2) is 20.5. The summed E-state index contributed by atoms with van der Waals surface area (Å²) >= 11 is 0. The number of aromatic nitrogens is 1. The zero-order valence-electron chi connectivity index (χ0n) is 37.7.